The first-order valence-electron chi connectivity index (χ1n) is 14.0. The molecule has 0 spiro atoms. The summed E-state index contributed by atoms with van der Waals surface area (Å²) in [5, 5.41) is 21.1. The molecule has 2 amide bonds. The van der Waals surface area contributed by atoms with Crippen molar-refractivity contribution in [1.29, 1.82) is 0 Å². The van der Waals surface area contributed by atoms with Gasteiger partial charge in [-0.25, -0.2) is 4.79 Å². The van der Waals surface area contributed by atoms with Gasteiger partial charge in [-0.05, 0) is 56.2 Å². The summed E-state index contributed by atoms with van der Waals surface area (Å²) in [5.41, 5.74) is 3.88. The molecule has 12 nitrogen and oxygen atoms in total. The molecule has 3 N–H and O–H groups in total. The first-order chi connectivity index (χ1) is 20.5. The Kier molecular flexibility index (Phi) is 7.67. The molecule has 12 heteroatoms. The lowest BCUT2D eigenvalue weighted by molar-refractivity contribution is 0.0958. The molecule has 0 aliphatic heterocycles. The van der Waals surface area contributed by atoms with E-state index in [0.717, 1.165) is 48.9 Å². The zero-order valence-corrected chi connectivity index (χ0v) is 23.4. The van der Waals surface area contributed by atoms with Gasteiger partial charge in [-0.2, -0.15) is 5.10 Å². The predicted octanol–water partition coefficient (Wildman–Crippen LogP) is 4.75. The Hall–Kier alpha value is -5.00. The van der Waals surface area contributed by atoms with Gasteiger partial charge >= 0.3 is 6.09 Å². The molecule has 2 aliphatic carbocycles. The quantitative estimate of drug-likeness (QED) is 0.247. The highest BCUT2D eigenvalue weighted by atomic mass is 16.6. The van der Waals surface area contributed by atoms with Crippen molar-refractivity contribution >= 4 is 29.2 Å². The highest BCUT2D eigenvalue weighted by molar-refractivity contribution is 5.99. The van der Waals surface area contributed by atoms with Crippen molar-refractivity contribution < 1.29 is 19.1 Å². The van der Waals surface area contributed by atoms with Crippen LogP contribution in [0.25, 0.3) is 11.1 Å². The fourth-order valence-corrected chi connectivity index (χ4v) is 5.11. The van der Waals surface area contributed by atoms with E-state index in [1.54, 1.807) is 7.11 Å². The predicted molar refractivity (Wildman–Crippen MR) is 156 cm³/mol. The van der Waals surface area contributed by atoms with Gasteiger partial charge < -0.3 is 20.1 Å². The van der Waals surface area contributed by atoms with Crippen LogP contribution in [0.2, 0.25) is 0 Å². The molecule has 2 aliphatic rings. The van der Waals surface area contributed by atoms with E-state index in [0.29, 0.717) is 29.1 Å². The number of methoxy groups -OCH3 is 1. The molecule has 2 saturated carbocycles. The van der Waals surface area contributed by atoms with Crippen LogP contribution in [0.1, 0.15) is 47.9 Å². The van der Waals surface area contributed by atoms with E-state index >= 15 is 0 Å². The first kappa shape index (κ1) is 27.2. The summed E-state index contributed by atoms with van der Waals surface area (Å²) in [6.07, 6.45) is 9.84. The Bertz CT molecular complexity index is 1580. The zero-order valence-electron chi connectivity index (χ0n) is 23.4. The molecule has 6 rings (SSSR count). The van der Waals surface area contributed by atoms with Gasteiger partial charge in [-0.3, -0.25) is 19.8 Å². The summed E-state index contributed by atoms with van der Waals surface area (Å²) in [5.74, 6) is 0.878. The van der Waals surface area contributed by atoms with E-state index in [1.165, 1.54) is 13.1 Å². The highest BCUT2D eigenvalue weighted by Crippen LogP contribution is 2.42. The fourth-order valence-electron chi connectivity index (χ4n) is 5.11. The van der Waals surface area contributed by atoms with Gasteiger partial charge in [0.1, 0.15) is 11.9 Å². The lowest BCUT2D eigenvalue weighted by Crippen LogP contribution is -2.28. The number of hydrogen-bond donors (Lipinski definition) is 3. The Morgan fingerprint density at radius 2 is 1.93 bits per heavy atom. The third-order valence-corrected chi connectivity index (χ3v) is 7.47. The van der Waals surface area contributed by atoms with Crippen molar-refractivity contribution in [2.75, 3.05) is 24.8 Å². The van der Waals surface area contributed by atoms with Crippen molar-refractivity contribution in [3.05, 3.63) is 72.4 Å². The van der Waals surface area contributed by atoms with Gasteiger partial charge in [0.25, 0.3) is 5.91 Å². The van der Waals surface area contributed by atoms with Crippen molar-refractivity contribution in [1.82, 2.24) is 30.3 Å². The van der Waals surface area contributed by atoms with E-state index < -0.39 is 12.0 Å². The van der Waals surface area contributed by atoms with Crippen LogP contribution in [0.3, 0.4) is 0 Å². The average molecular weight is 569 g/mol. The van der Waals surface area contributed by atoms with E-state index in [-0.39, 0.29) is 17.6 Å². The van der Waals surface area contributed by atoms with Gasteiger partial charge in [0, 0.05) is 42.3 Å². The average Bonchev–Trinajstić information content (AvgIpc) is 3.66. The summed E-state index contributed by atoms with van der Waals surface area (Å²) in [6.45, 7) is 0. The smallest absolute Gasteiger partial charge is 0.413 e. The van der Waals surface area contributed by atoms with Gasteiger partial charge in [0.15, 0.2) is 11.5 Å². The normalized spacial score (nSPS) is 17.6. The molecule has 0 radical (unpaired) electrons. The van der Waals surface area contributed by atoms with Crippen LogP contribution in [0.4, 0.5) is 22.0 Å². The highest BCUT2D eigenvalue weighted by Gasteiger charge is 2.31. The summed E-state index contributed by atoms with van der Waals surface area (Å²) >= 11 is 0. The van der Waals surface area contributed by atoms with E-state index in [4.69, 9.17) is 9.47 Å². The van der Waals surface area contributed by atoms with Gasteiger partial charge in [-0.15, -0.1) is 10.2 Å². The number of carbonyl (C=O) groups excluding carboxylic acids is 2. The third-order valence-electron chi connectivity index (χ3n) is 7.47. The number of nitrogens with one attached hydrogen (secondary N) is 3. The zero-order chi connectivity index (χ0) is 29.1. The summed E-state index contributed by atoms with van der Waals surface area (Å²) in [7, 11) is 3.10. The molecule has 0 atom stereocenters. The molecule has 42 heavy (non-hydrogen) atoms. The molecular weight excluding hydrogens is 536 g/mol. The Labute approximate surface area is 242 Å². The van der Waals surface area contributed by atoms with Gasteiger partial charge in [-0.1, -0.05) is 18.2 Å². The maximum absolute atomic E-state index is 12.6. The minimum absolute atomic E-state index is 0.0594. The SMILES string of the molecule is CNC(=O)c1nnc(NC(=O)OC2CC2)cc1Nc1cccc(-c2cnn(C3CC(Cc4ccccn4)C3)c2)c1OC. The van der Waals surface area contributed by atoms with Crippen LogP contribution < -0.4 is 20.7 Å². The maximum Gasteiger partial charge on any atom is 0.413 e. The third kappa shape index (κ3) is 6.02. The Morgan fingerprint density at radius 3 is 2.67 bits per heavy atom. The summed E-state index contributed by atoms with van der Waals surface area (Å²) < 4.78 is 13.1. The molecule has 3 heterocycles. The number of nitrogens with zero attached hydrogens (tertiary/aromatic N) is 5. The Morgan fingerprint density at radius 1 is 1.07 bits per heavy atom. The van der Waals surface area contributed by atoms with E-state index in [9.17, 15) is 9.59 Å². The van der Waals surface area contributed by atoms with Crippen molar-refractivity contribution in [2.24, 2.45) is 5.92 Å². The minimum Gasteiger partial charge on any atom is -0.494 e. The van der Waals surface area contributed by atoms with Crippen LogP contribution in [-0.2, 0) is 11.2 Å². The van der Waals surface area contributed by atoms with Crippen LogP contribution >= 0.6 is 0 Å². The number of ether oxygens (including phenoxy) is 2. The molecule has 1 aromatic carbocycles. The number of hydrogen-bond acceptors (Lipinski definition) is 9. The fraction of sp³-hybridized carbons (Fsp3) is 0.333. The Balaban J connectivity index is 1.20. The van der Waals surface area contributed by atoms with E-state index in [2.05, 4.69) is 42.3 Å². The number of rotatable bonds is 10. The lowest BCUT2D eigenvalue weighted by atomic mass is 9.77. The molecule has 216 valence electrons. The van der Waals surface area contributed by atoms with Crippen LogP contribution in [0.15, 0.2) is 61.1 Å². The number of aromatic nitrogens is 5. The number of anilines is 3. The van der Waals surface area contributed by atoms with Crippen LogP contribution in [0, 0.1) is 5.92 Å². The maximum atomic E-state index is 12.6. The van der Waals surface area contributed by atoms with Gasteiger partial charge in [0.2, 0.25) is 0 Å². The standard InChI is InChI=1S/C30H32N8O4/c1-31-29(39)27-25(15-26(36-37-27)35-30(40)42-22-9-10-22)34-24-8-5-7-23(28(24)41-2)19-16-33-38(17-19)21-13-18(14-21)12-20-6-3-4-11-32-20/h3-8,11,15-18,21-22H,9-10,12-14H2,1-2H3,(H,31,39)(H2,34,35,36,40). The lowest BCUT2D eigenvalue weighted by Gasteiger charge is -2.35. The summed E-state index contributed by atoms with van der Waals surface area (Å²) in [4.78, 5) is 29.2. The second-order valence-electron chi connectivity index (χ2n) is 10.5. The molecule has 3 aromatic heterocycles. The largest absolute Gasteiger partial charge is 0.494 e. The van der Waals surface area contributed by atoms with Gasteiger partial charge in [0.05, 0.1) is 30.7 Å². The number of amides is 2. The number of pyridine rings is 1. The monoisotopic (exact) mass is 568 g/mol. The number of para-hydroxylation sites is 1. The second-order valence-corrected chi connectivity index (χ2v) is 10.5. The summed E-state index contributed by atoms with van der Waals surface area (Å²) in [6, 6.07) is 13.6. The van der Waals surface area contributed by atoms with Crippen LogP contribution in [-0.4, -0.2) is 57.2 Å². The first-order valence-corrected chi connectivity index (χ1v) is 14.0. The number of carbonyl (C=O) groups is 2. The van der Waals surface area contributed by atoms with Crippen molar-refractivity contribution in [3.8, 4) is 16.9 Å². The van der Waals surface area contributed by atoms with Crippen LogP contribution in [0.5, 0.6) is 5.75 Å². The topological polar surface area (TPSA) is 145 Å². The molecule has 0 saturated heterocycles. The molecular formula is C30H32N8O4. The van der Waals surface area contributed by atoms with E-state index in [1.807, 2.05) is 53.6 Å². The number of benzene rings is 1. The van der Waals surface area contributed by atoms with Crippen molar-refractivity contribution in [3.63, 3.8) is 0 Å². The molecule has 0 unspecified atom stereocenters. The molecule has 4 aromatic rings. The second kappa shape index (κ2) is 11.9. The minimum atomic E-state index is -0.614. The molecule has 0 bridgehead atoms. The molecule has 2 fully saturated rings. The van der Waals surface area contributed by atoms with Crippen molar-refractivity contribution in [2.45, 2.75) is 44.2 Å².